The summed E-state index contributed by atoms with van der Waals surface area (Å²) in [7, 11) is 1.14. The van der Waals surface area contributed by atoms with E-state index in [0.29, 0.717) is 17.4 Å². The van der Waals surface area contributed by atoms with Crippen molar-refractivity contribution in [2.45, 2.75) is 360 Å². The number of ether oxygens (including phenoxy) is 2. The fourth-order valence-corrected chi connectivity index (χ4v) is 11.7. The Hall–Kier alpha value is -2.81. The van der Waals surface area contributed by atoms with Gasteiger partial charge in [-0.1, -0.05) is 356 Å². The molecule has 0 aromatic heterocycles. The second kappa shape index (κ2) is 69.5. The van der Waals surface area contributed by atoms with Gasteiger partial charge in [0, 0.05) is 12.8 Å². The molecule has 0 aromatic carbocycles. The maximum atomic E-state index is 12.8. The lowest BCUT2D eigenvalue weighted by Gasteiger charge is -2.28. The van der Waals surface area contributed by atoms with Crippen molar-refractivity contribution in [3.8, 4) is 0 Å². The van der Waals surface area contributed by atoms with Gasteiger partial charge in [0.05, 0.1) is 27.7 Å². The SMILES string of the molecule is CC/C=C\C/C=C\C/C=C\C/C=C\C/C=C\C/C=C\C/C=C\CCCCCC(=O)OC(COC(=O)CCCCCCCCCCCCCCCCCCCCCCCCCCCCCCCCCCCCCCCCCC)COP(=O)([O-])OCC[N+](C)(C)C. The fraction of sp³-hybridized carbons (Fsp3) is 0.797. The second-order valence-corrected chi connectivity index (χ2v) is 28.1. The molecule has 0 spiro atoms. The van der Waals surface area contributed by atoms with Gasteiger partial charge in [0.1, 0.15) is 19.8 Å². The monoisotopic (exact) mass is 1270 g/mol. The molecule has 2 atom stereocenters. The molecule has 2 unspecified atom stereocenters. The van der Waals surface area contributed by atoms with Gasteiger partial charge in [0.15, 0.2) is 6.10 Å². The molecule has 0 N–H and O–H groups in total. The Kier molecular flexibility index (Phi) is 67.3. The van der Waals surface area contributed by atoms with Crippen LogP contribution in [0.25, 0.3) is 0 Å². The van der Waals surface area contributed by atoms with E-state index >= 15 is 0 Å². The van der Waals surface area contributed by atoms with Gasteiger partial charge in [0.25, 0.3) is 7.82 Å². The second-order valence-electron chi connectivity index (χ2n) is 26.6. The van der Waals surface area contributed by atoms with Gasteiger partial charge < -0.3 is 27.9 Å². The van der Waals surface area contributed by atoms with E-state index < -0.39 is 26.5 Å². The summed E-state index contributed by atoms with van der Waals surface area (Å²) in [5.74, 6) is -0.863. The van der Waals surface area contributed by atoms with Crippen molar-refractivity contribution in [1.29, 1.82) is 0 Å². The summed E-state index contributed by atoms with van der Waals surface area (Å²) < 4.78 is 34.3. The standard InChI is InChI=1S/C79H144NO8P/c1-6-8-10-12-14-16-18-20-22-24-26-28-30-32-33-34-35-36-37-38-39-40-41-42-43-44-45-46-48-49-51-53-55-57-59-61-63-65-67-69-71-78(81)85-75-77(76-87-89(83,84)86-74-73-80(3,4)5)88-79(82)72-70-68-66-64-62-60-58-56-54-52-50-47-31-29-27-25-23-21-19-17-15-13-11-9-7-2/h9,11,15,17,21,23,27,29,47,50,54,56,60,62,77H,6-8,10,12-14,16,18-20,22,24-26,28,30-46,48-49,51-53,55,57-59,61,63-76H2,1-5H3/b11-9-,17-15-,23-21-,29-27-,50-47-,56-54-,62-60-. The number of carbonyl (C=O) groups is 2. The molecule has 0 rings (SSSR count). The predicted octanol–water partition coefficient (Wildman–Crippen LogP) is 24.3. The number of allylic oxidation sites excluding steroid dienone is 14. The molecule has 0 saturated heterocycles. The maximum Gasteiger partial charge on any atom is 0.306 e. The van der Waals surface area contributed by atoms with Crippen LogP contribution in [0.3, 0.4) is 0 Å². The molecule has 0 fully saturated rings. The Morgan fingerprint density at radius 2 is 0.640 bits per heavy atom. The van der Waals surface area contributed by atoms with Crippen LogP contribution < -0.4 is 4.89 Å². The fourth-order valence-electron chi connectivity index (χ4n) is 10.9. The van der Waals surface area contributed by atoms with E-state index in [1.54, 1.807) is 0 Å². The van der Waals surface area contributed by atoms with Crippen LogP contribution in [0.15, 0.2) is 85.1 Å². The molecule has 0 bridgehead atoms. The molecule has 0 radical (unpaired) electrons. The summed E-state index contributed by atoms with van der Waals surface area (Å²) in [6, 6.07) is 0. The van der Waals surface area contributed by atoms with Crippen LogP contribution in [0.5, 0.6) is 0 Å². The summed E-state index contributed by atoms with van der Waals surface area (Å²) in [5.41, 5.74) is 0. The van der Waals surface area contributed by atoms with Crippen LogP contribution in [-0.4, -0.2) is 70.0 Å². The number of rotatable bonds is 70. The molecule has 9 nitrogen and oxygen atoms in total. The van der Waals surface area contributed by atoms with Gasteiger partial charge in [0.2, 0.25) is 0 Å². The molecule has 0 aliphatic carbocycles. The minimum atomic E-state index is -4.66. The highest BCUT2D eigenvalue weighted by Crippen LogP contribution is 2.38. The molecule has 0 saturated carbocycles. The average molecular weight is 1270 g/mol. The van der Waals surface area contributed by atoms with E-state index in [9.17, 15) is 19.0 Å². The molecular weight excluding hydrogens is 1120 g/mol. The van der Waals surface area contributed by atoms with E-state index in [-0.39, 0.29) is 32.0 Å². The Morgan fingerprint density at radius 1 is 0.360 bits per heavy atom. The zero-order valence-electron chi connectivity index (χ0n) is 59.1. The van der Waals surface area contributed by atoms with Crippen molar-refractivity contribution >= 4 is 19.8 Å². The third-order valence-corrected chi connectivity index (χ3v) is 17.6. The molecule has 518 valence electrons. The van der Waals surface area contributed by atoms with Gasteiger partial charge in [-0.05, 0) is 70.6 Å². The zero-order valence-corrected chi connectivity index (χ0v) is 60.0. The predicted molar refractivity (Wildman–Crippen MR) is 383 cm³/mol. The van der Waals surface area contributed by atoms with Crippen LogP contribution in [0.4, 0.5) is 0 Å². The number of phosphoric acid groups is 1. The lowest BCUT2D eigenvalue weighted by atomic mass is 10.0. The summed E-state index contributed by atoms with van der Waals surface area (Å²) >= 11 is 0. The number of esters is 2. The minimum Gasteiger partial charge on any atom is -0.756 e. The molecular formula is C79H144NO8P. The number of quaternary nitrogens is 1. The molecule has 0 heterocycles. The van der Waals surface area contributed by atoms with Gasteiger partial charge in [-0.3, -0.25) is 14.2 Å². The smallest absolute Gasteiger partial charge is 0.306 e. The van der Waals surface area contributed by atoms with Gasteiger partial charge in [-0.15, -0.1) is 0 Å². The normalized spacial score (nSPS) is 13.6. The van der Waals surface area contributed by atoms with Crippen LogP contribution >= 0.6 is 7.82 Å². The molecule has 0 aromatic rings. The van der Waals surface area contributed by atoms with E-state index in [2.05, 4.69) is 98.9 Å². The van der Waals surface area contributed by atoms with Crippen LogP contribution in [0, 0.1) is 0 Å². The van der Waals surface area contributed by atoms with Crippen LogP contribution in [0.2, 0.25) is 0 Å². The van der Waals surface area contributed by atoms with E-state index in [4.69, 9.17) is 18.5 Å². The Morgan fingerprint density at radius 3 is 0.955 bits per heavy atom. The van der Waals surface area contributed by atoms with Crippen molar-refractivity contribution in [3.63, 3.8) is 0 Å². The quantitative estimate of drug-likeness (QED) is 0.0195. The minimum absolute atomic E-state index is 0.0405. The summed E-state index contributed by atoms with van der Waals surface area (Å²) in [4.78, 5) is 38.1. The van der Waals surface area contributed by atoms with Gasteiger partial charge in [-0.25, -0.2) is 0 Å². The van der Waals surface area contributed by atoms with Crippen LogP contribution in [0.1, 0.15) is 354 Å². The third kappa shape index (κ3) is 74.1. The summed E-state index contributed by atoms with van der Waals surface area (Å²) in [6.07, 6.45) is 95.7. The Balaban J connectivity index is 3.95. The number of phosphoric ester groups is 1. The largest absolute Gasteiger partial charge is 0.756 e. The third-order valence-electron chi connectivity index (χ3n) is 16.7. The lowest BCUT2D eigenvalue weighted by molar-refractivity contribution is -0.870. The molecule has 89 heavy (non-hydrogen) atoms. The maximum absolute atomic E-state index is 12.8. The highest BCUT2D eigenvalue weighted by Gasteiger charge is 2.22. The van der Waals surface area contributed by atoms with E-state index in [0.717, 1.165) is 83.5 Å². The average Bonchev–Trinajstić information content (AvgIpc) is 3.60. The summed E-state index contributed by atoms with van der Waals surface area (Å²) in [6.45, 7) is 4.13. The van der Waals surface area contributed by atoms with Crippen LogP contribution in [-0.2, 0) is 32.7 Å². The first kappa shape index (κ1) is 86.2. The van der Waals surface area contributed by atoms with E-state index in [1.807, 2.05) is 21.1 Å². The number of likely N-dealkylation sites (N-methyl/N-ethyl adjacent to an activating group) is 1. The van der Waals surface area contributed by atoms with Crippen molar-refractivity contribution < 1.29 is 42.1 Å². The van der Waals surface area contributed by atoms with Gasteiger partial charge in [-0.2, -0.15) is 0 Å². The topological polar surface area (TPSA) is 111 Å². The number of hydrogen-bond acceptors (Lipinski definition) is 8. The Bertz CT molecular complexity index is 1780. The van der Waals surface area contributed by atoms with Crippen molar-refractivity contribution in [3.05, 3.63) is 85.1 Å². The first-order valence-corrected chi connectivity index (χ1v) is 39.3. The van der Waals surface area contributed by atoms with Crippen molar-refractivity contribution in [2.75, 3.05) is 47.5 Å². The summed E-state index contributed by atoms with van der Waals surface area (Å²) in [5, 5.41) is 0. The lowest BCUT2D eigenvalue weighted by Crippen LogP contribution is -2.37. The number of nitrogens with zero attached hydrogens (tertiary/aromatic N) is 1. The Labute approximate surface area is 551 Å². The molecule has 0 aliphatic heterocycles. The first-order valence-electron chi connectivity index (χ1n) is 37.8. The number of carbonyl (C=O) groups excluding carboxylic acids is 2. The zero-order chi connectivity index (χ0) is 64.8. The molecule has 10 heteroatoms. The van der Waals surface area contributed by atoms with Crippen molar-refractivity contribution in [1.82, 2.24) is 0 Å². The highest BCUT2D eigenvalue weighted by molar-refractivity contribution is 7.45. The van der Waals surface area contributed by atoms with Crippen molar-refractivity contribution in [2.24, 2.45) is 0 Å². The van der Waals surface area contributed by atoms with E-state index in [1.165, 1.54) is 238 Å². The molecule has 0 aliphatic rings. The number of unbranched alkanes of at least 4 members (excludes halogenated alkanes) is 42. The molecule has 0 amide bonds. The highest BCUT2D eigenvalue weighted by atomic mass is 31.2. The number of hydrogen-bond donors (Lipinski definition) is 0. The van der Waals surface area contributed by atoms with Gasteiger partial charge >= 0.3 is 11.9 Å². The first-order chi connectivity index (χ1) is 43.5.